The maximum atomic E-state index is 13.0. The number of hydrogen-bond donors (Lipinski definition) is 2. The lowest BCUT2D eigenvalue weighted by atomic mass is 9.97. The predicted octanol–water partition coefficient (Wildman–Crippen LogP) is 3.00. The summed E-state index contributed by atoms with van der Waals surface area (Å²) in [5.74, 6) is -0.0271. The number of carbonyl (C=O) groups is 2. The second-order valence-electron chi connectivity index (χ2n) is 6.24. The van der Waals surface area contributed by atoms with Gasteiger partial charge in [0.2, 0.25) is 11.8 Å². The van der Waals surface area contributed by atoms with E-state index in [-0.39, 0.29) is 29.6 Å². The number of carbonyl (C=O) groups excluding carboxylic acids is 2. The van der Waals surface area contributed by atoms with Gasteiger partial charge in [-0.3, -0.25) is 4.79 Å². The molecule has 1 aliphatic heterocycles. The van der Waals surface area contributed by atoms with Crippen molar-refractivity contribution in [3.8, 4) is 11.6 Å². The van der Waals surface area contributed by atoms with E-state index in [4.69, 9.17) is 4.74 Å². The second-order valence-corrected chi connectivity index (χ2v) is 6.24. The number of hydrogen-bond acceptors (Lipinski definition) is 4. The third-order valence-electron chi connectivity index (χ3n) is 4.37. The number of nitrogens with one attached hydrogen (secondary N) is 2. The average molecular weight is 372 g/mol. The number of pyridine rings is 1. The number of likely N-dealkylation sites (tertiary alicyclic amines) is 1. The molecule has 0 saturated carbocycles. The van der Waals surface area contributed by atoms with Crippen LogP contribution in [-0.2, 0) is 4.79 Å². The van der Waals surface area contributed by atoms with Crippen molar-refractivity contribution in [2.24, 2.45) is 5.92 Å². The molecule has 1 saturated heterocycles. The van der Waals surface area contributed by atoms with Crippen LogP contribution in [0.3, 0.4) is 0 Å². The molecule has 1 aromatic heterocycles. The molecule has 2 N–H and O–H groups in total. The summed E-state index contributed by atoms with van der Waals surface area (Å²) >= 11 is 0. The summed E-state index contributed by atoms with van der Waals surface area (Å²) in [7, 11) is 1.59. The summed E-state index contributed by atoms with van der Waals surface area (Å²) in [5, 5.41) is 5.41. The van der Waals surface area contributed by atoms with Gasteiger partial charge in [0.15, 0.2) is 0 Å². The van der Waals surface area contributed by atoms with Crippen molar-refractivity contribution in [3.05, 3.63) is 48.4 Å². The Bertz CT molecular complexity index is 813. The molecular formula is C19H21FN4O3. The molecule has 2 aromatic rings. The summed E-state index contributed by atoms with van der Waals surface area (Å²) in [6.45, 7) is 0.938. The topological polar surface area (TPSA) is 83.6 Å². The monoisotopic (exact) mass is 372 g/mol. The van der Waals surface area contributed by atoms with Gasteiger partial charge < -0.3 is 20.3 Å². The third kappa shape index (κ3) is 4.72. The standard InChI is InChI=1S/C19H21FN4O3/c1-21-17(25)13-4-3-11-24(12-13)19(26)23-16-5-2-10-22-18(16)27-15-8-6-14(20)7-9-15/h2,5-10,13H,3-4,11-12H2,1H3,(H,21,25)(H,23,26)/t13-/m0/s1. The van der Waals surface area contributed by atoms with Gasteiger partial charge in [-0.2, -0.15) is 0 Å². The zero-order valence-corrected chi connectivity index (χ0v) is 14.9. The van der Waals surface area contributed by atoms with E-state index in [1.54, 1.807) is 24.1 Å². The number of anilines is 1. The lowest BCUT2D eigenvalue weighted by Crippen LogP contribution is -2.46. The first-order valence-corrected chi connectivity index (χ1v) is 8.73. The van der Waals surface area contributed by atoms with Crippen LogP contribution in [0.15, 0.2) is 42.6 Å². The highest BCUT2D eigenvalue weighted by atomic mass is 19.1. The number of ether oxygens (including phenoxy) is 1. The number of piperidine rings is 1. The highest BCUT2D eigenvalue weighted by Gasteiger charge is 2.28. The summed E-state index contributed by atoms with van der Waals surface area (Å²) in [6.07, 6.45) is 3.06. The Morgan fingerprint density at radius 3 is 2.78 bits per heavy atom. The highest BCUT2D eigenvalue weighted by Crippen LogP contribution is 2.27. The van der Waals surface area contributed by atoms with E-state index >= 15 is 0 Å². The Morgan fingerprint density at radius 1 is 1.26 bits per heavy atom. The van der Waals surface area contributed by atoms with Crippen LogP contribution in [0.2, 0.25) is 0 Å². The van der Waals surface area contributed by atoms with Crippen LogP contribution in [0, 0.1) is 11.7 Å². The first-order valence-electron chi connectivity index (χ1n) is 8.73. The molecule has 7 nitrogen and oxygen atoms in total. The largest absolute Gasteiger partial charge is 0.437 e. The van der Waals surface area contributed by atoms with Gasteiger partial charge in [-0.1, -0.05) is 0 Å². The van der Waals surface area contributed by atoms with Crippen molar-refractivity contribution in [3.63, 3.8) is 0 Å². The predicted molar refractivity (Wildman–Crippen MR) is 98.1 cm³/mol. The molecule has 2 heterocycles. The zero-order chi connectivity index (χ0) is 19.2. The minimum atomic E-state index is -0.368. The third-order valence-corrected chi connectivity index (χ3v) is 4.37. The maximum absolute atomic E-state index is 13.0. The Labute approximate surface area is 156 Å². The summed E-state index contributed by atoms with van der Waals surface area (Å²) < 4.78 is 18.7. The van der Waals surface area contributed by atoms with Crippen LogP contribution in [0.1, 0.15) is 12.8 Å². The lowest BCUT2D eigenvalue weighted by Gasteiger charge is -2.31. The molecular weight excluding hydrogens is 351 g/mol. The Hall–Kier alpha value is -3.16. The number of rotatable bonds is 4. The van der Waals surface area contributed by atoms with E-state index < -0.39 is 0 Å². The molecule has 8 heteroatoms. The molecule has 3 rings (SSSR count). The van der Waals surface area contributed by atoms with E-state index in [0.717, 1.165) is 12.8 Å². The van der Waals surface area contributed by atoms with Gasteiger partial charge in [-0.15, -0.1) is 0 Å². The normalized spacial score (nSPS) is 16.5. The van der Waals surface area contributed by atoms with E-state index in [1.165, 1.54) is 30.5 Å². The van der Waals surface area contributed by atoms with Crippen molar-refractivity contribution in [1.29, 1.82) is 0 Å². The van der Waals surface area contributed by atoms with Gasteiger partial charge in [0.25, 0.3) is 0 Å². The number of nitrogens with zero attached hydrogens (tertiary/aromatic N) is 2. The quantitative estimate of drug-likeness (QED) is 0.864. The number of benzene rings is 1. The SMILES string of the molecule is CNC(=O)[C@H]1CCCN(C(=O)Nc2cccnc2Oc2ccc(F)cc2)C1. The van der Waals surface area contributed by atoms with Gasteiger partial charge in [0, 0.05) is 26.3 Å². The summed E-state index contributed by atoms with van der Waals surface area (Å²) in [4.78, 5) is 30.2. The highest BCUT2D eigenvalue weighted by molar-refractivity contribution is 5.91. The molecule has 1 aromatic carbocycles. The molecule has 142 valence electrons. The van der Waals surface area contributed by atoms with Gasteiger partial charge in [0.05, 0.1) is 5.92 Å². The number of amides is 3. The number of aromatic nitrogens is 1. The maximum Gasteiger partial charge on any atom is 0.322 e. The Morgan fingerprint density at radius 2 is 2.04 bits per heavy atom. The van der Waals surface area contributed by atoms with Crippen LogP contribution in [0.5, 0.6) is 11.6 Å². The smallest absolute Gasteiger partial charge is 0.322 e. The molecule has 0 bridgehead atoms. The van der Waals surface area contributed by atoms with Crippen LogP contribution < -0.4 is 15.4 Å². The first-order chi connectivity index (χ1) is 13.1. The molecule has 1 fully saturated rings. The van der Waals surface area contributed by atoms with Crippen LogP contribution in [0.25, 0.3) is 0 Å². The van der Waals surface area contributed by atoms with Crippen LogP contribution >= 0.6 is 0 Å². The minimum absolute atomic E-state index is 0.0609. The molecule has 1 aliphatic rings. The molecule has 27 heavy (non-hydrogen) atoms. The molecule has 0 aliphatic carbocycles. The molecule has 0 radical (unpaired) electrons. The van der Waals surface area contributed by atoms with Crippen molar-refractivity contribution in [2.75, 3.05) is 25.5 Å². The molecule has 3 amide bonds. The molecule has 1 atom stereocenters. The molecule has 0 spiro atoms. The number of halogens is 1. The first kappa shape index (κ1) is 18.6. The van der Waals surface area contributed by atoms with E-state index in [0.29, 0.717) is 24.5 Å². The Kier molecular flexibility index (Phi) is 5.85. The van der Waals surface area contributed by atoms with E-state index in [9.17, 15) is 14.0 Å². The lowest BCUT2D eigenvalue weighted by molar-refractivity contribution is -0.125. The van der Waals surface area contributed by atoms with Gasteiger partial charge >= 0.3 is 6.03 Å². The van der Waals surface area contributed by atoms with Crippen LogP contribution in [0.4, 0.5) is 14.9 Å². The fraction of sp³-hybridized carbons (Fsp3) is 0.316. The Balaban J connectivity index is 1.69. The van der Waals surface area contributed by atoms with Gasteiger partial charge in [-0.25, -0.2) is 14.2 Å². The molecule has 0 unspecified atom stereocenters. The number of urea groups is 1. The fourth-order valence-corrected chi connectivity index (χ4v) is 2.96. The second kappa shape index (κ2) is 8.48. The van der Waals surface area contributed by atoms with Crippen molar-refractivity contribution >= 4 is 17.6 Å². The summed E-state index contributed by atoms with van der Waals surface area (Å²) in [5.41, 5.74) is 0.397. The van der Waals surface area contributed by atoms with Gasteiger partial charge in [0.1, 0.15) is 17.3 Å². The minimum Gasteiger partial charge on any atom is -0.437 e. The average Bonchev–Trinajstić information content (AvgIpc) is 2.70. The van der Waals surface area contributed by atoms with Crippen LogP contribution in [-0.4, -0.2) is 42.0 Å². The zero-order valence-electron chi connectivity index (χ0n) is 14.9. The van der Waals surface area contributed by atoms with Crippen molar-refractivity contribution in [1.82, 2.24) is 15.2 Å². The summed E-state index contributed by atoms with van der Waals surface area (Å²) in [6, 6.07) is 8.55. The van der Waals surface area contributed by atoms with E-state index in [1.807, 2.05) is 0 Å². The van der Waals surface area contributed by atoms with Crippen molar-refractivity contribution in [2.45, 2.75) is 12.8 Å². The van der Waals surface area contributed by atoms with Crippen molar-refractivity contribution < 1.29 is 18.7 Å². The van der Waals surface area contributed by atoms with E-state index in [2.05, 4.69) is 15.6 Å². The van der Waals surface area contributed by atoms with Gasteiger partial charge in [-0.05, 0) is 49.2 Å². The fourth-order valence-electron chi connectivity index (χ4n) is 2.96.